The fraction of sp³-hybridized carbons (Fsp3) is 0.594. The van der Waals surface area contributed by atoms with Gasteiger partial charge < -0.3 is 25.5 Å². The summed E-state index contributed by atoms with van der Waals surface area (Å²) in [5, 5.41) is 58.8. The van der Waals surface area contributed by atoms with Crippen molar-refractivity contribution < 1.29 is 39.9 Å². The van der Waals surface area contributed by atoms with E-state index in [1.54, 1.807) is 33.8 Å². The molecule has 1 aromatic carbocycles. The number of carbonyl (C=O) groups is 3. The Morgan fingerprint density at radius 2 is 1.68 bits per heavy atom. The molecule has 4 aliphatic rings. The number of phenolic OH excluding ortho intramolecular Hbond substituents is 1. The average molecular weight is 553 g/mol. The van der Waals surface area contributed by atoms with Crippen LogP contribution < -0.4 is 0 Å². The molecule has 40 heavy (non-hydrogen) atoms. The van der Waals surface area contributed by atoms with Gasteiger partial charge in [0.2, 0.25) is 5.78 Å². The van der Waals surface area contributed by atoms with Gasteiger partial charge in [-0.1, -0.05) is 72.4 Å². The van der Waals surface area contributed by atoms with E-state index in [9.17, 15) is 39.9 Å². The van der Waals surface area contributed by atoms with E-state index in [4.69, 9.17) is 0 Å². The van der Waals surface area contributed by atoms with Gasteiger partial charge in [-0.2, -0.15) is 0 Å². The molecule has 8 nitrogen and oxygen atoms in total. The van der Waals surface area contributed by atoms with E-state index >= 15 is 0 Å². The predicted octanol–water partition coefficient (Wildman–Crippen LogP) is 4.45. The lowest BCUT2D eigenvalue weighted by Crippen LogP contribution is -2.75. The second-order valence-corrected chi connectivity index (χ2v) is 13.2. The molecule has 0 amide bonds. The zero-order valence-corrected chi connectivity index (χ0v) is 24.0. The summed E-state index contributed by atoms with van der Waals surface area (Å²) in [5.41, 5.74) is -6.06. The fourth-order valence-electron chi connectivity index (χ4n) is 8.66. The molecule has 0 saturated heterocycles. The van der Waals surface area contributed by atoms with Crippen molar-refractivity contribution in [1.29, 1.82) is 0 Å². The number of hydrogen-bond acceptors (Lipinski definition) is 8. The first-order valence-corrected chi connectivity index (χ1v) is 14.3. The lowest BCUT2D eigenvalue weighted by molar-refractivity contribution is -0.215. The molecule has 0 spiro atoms. The molecule has 5 rings (SSSR count). The molecular formula is C32H40O8. The minimum atomic E-state index is -2.87. The van der Waals surface area contributed by atoms with E-state index < -0.39 is 74.7 Å². The smallest absolute Gasteiger partial charge is 0.203 e. The van der Waals surface area contributed by atoms with Gasteiger partial charge >= 0.3 is 0 Å². The number of ketones is 3. The van der Waals surface area contributed by atoms with Crippen LogP contribution in [0.1, 0.15) is 89.8 Å². The highest BCUT2D eigenvalue weighted by molar-refractivity contribution is 6.24. The first-order valence-electron chi connectivity index (χ1n) is 14.3. The van der Waals surface area contributed by atoms with E-state index in [0.717, 1.165) is 32.6 Å². The summed E-state index contributed by atoms with van der Waals surface area (Å²) in [6.45, 7) is 9.24. The van der Waals surface area contributed by atoms with Crippen molar-refractivity contribution in [2.24, 2.45) is 28.6 Å². The third-order valence-corrected chi connectivity index (χ3v) is 10.9. The number of phenols is 1. The van der Waals surface area contributed by atoms with Gasteiger partial charge in [-0.3, -0.25) is 14.4 Å². The van der Waals surface area contributed by atoms with Crippen molar-refractivity contribution in [2.45, 2.75) is 91.3 Å². The maximum absolute atomic E-state index is 14.5. The molecule has 0 radical (unpaired) electrons. The Morgan fingerprint density at radius 1 is 1.07 bits per heavy atom. The normalized spacial score (nSPS) is 36.2. The van der Waals surface area contributed by atoms with E-state index in [-0.39, 0.29) is 16.9 Å². The molecule has 1 unspecified atom stereocenters. The zero-order chi connectivity index (χ0) is 29.7. The van der Waals surface area contributed by atoms with Gasteiger partial charge in [-0.15, -0.1) is 0 Å². The van der Waals surface area contributed by atoms with Crippen molar-refractivity contribution in [3.63, 3.8) is 0 Å². The summed E-state index contributed by atoms with van der Waals surface area (Å²) >= 11 is 0. The van der Waals surface area contributed by atoms with Gasteiger partial charge in [-0.05, 0) is 42.2 Å². The van der Waals surface area contributed by atoms with Crippen LogP contribution in [0.3, 0.4) is 0 Å². The molecule has 2 saturated carbocycles. The molecule has 5 N–H and O–H groups in total. The first-order chi connectivity index (χ1) is 18.6. The number of benzene rings is 1. The molecule has 216 valence electrons. The maximum atomic E-state index is 14.5. The van der Waals surface area contributed by atoms with Crippen molar-refractivity contribution in [3.8, 4) is 5.75 Å². The molecule has 0 heterocycles. The largest absolute Gasteiger partial charge is 0.508 e. The Kier molecular flexibility index (Phi) is 6.44. The number of carbonyl (C=O) groups excluding carboxylic acids is 3. The number of hydrogen-bond donors (Lipinski definition) is 5. The topological polar surface area (TPSA) is 152 Å². The van der Waals surface area contributed by atoms with E-state index in [0.29, 0.717) is 23.5 Å². The van der Waals surface area contributed by atoms with Crippen LogP contribution in [0.5, 0.6) is 5.75 Å². The Bertz CT molecular complexity index is 1400. The summed E-state index contributed by atoms with van der Waals surface area (Å²) in [5.74, 6) is -6.40. The molecule has 2 fully saturated rings. The van der Waals surface area contributed by atoms with Gasteiger partial charge in [0.1, 0.15) is 22.8 Å². The summed E-state index contributed by atoms with van der Waals surface area (Å²) in [6.07, 6.45) is 3.36. The van der Waals surface area contributed by atoms with Crippen LogP contribution in [-0.4, -0.2) is 54.6 Å². The minimum absolute atomic E-state index is 0.0748. The third kappa shape index (κ3) is 3.23. The van der Waals surface area contributed by atoms with Gasteiger partial charge in [0.05, 0.1) is 17.2 Å². The quantitative estimate of drug-likeness (QED) is 0.344. The average Bonchev–Trinajstić information content (AvgIpc) is 3.38. The number of fused-ring (bicyclic) bond motifs is 3. The highest BCUT2D eigenvalue weighted by Crippen LogP contribution is 2.67. The maximum Gasteiger partial charge on any atom is 0.203 e. The van der Waals surface area contributed by atoms with E-state index in [1.807, 2.05) is 6.07 Å². The van der Waals surface area contributed by atoms with Crippen molar-refractivity contribution >= 4 is 23.1 Å². The second-order valence-electron chi connectivity index (χ2n) is 13.2. The molecule has 0 aliphatic heterocycles. The van der Waals surface area contributed by atoms with Crippen LogP contribution in [-0.2, 0) is 20.8 Å². The van der Waals surface area contributed by atoms with Gasteiger partial charge in [-0.25, -0.2) is 0 Å². The second kappa shape index (κ2) is 9.02. The Labute approximate surface area is 234 Å². The van der Waals surface area contributed by atoms with Crippen molar-refractivity contribution in [3.05, 3.63) is 45.7 Å². The van der Waals surface area contributed by atoms with Crippen LogP contribution >= 0.6 is 0 Å². The minimum Gasteiger partial charge on any atom is -0.508 e. The number of rotatable bonds is 4. The number of allylic oxidation sites excluding steroid dienone is 1. The lowest BCUT2D eigenvalue weighted by atomic mass is 9.40. The van der Waals surface area contributed by atoms with Crippen LogP contribution in [0.25, 0.3) is 5.76 Å². The predicted molar refractivity (Wildman–Crippen MR) is 148 cm³/mol. The standard InChI is InChI=1S/C32H40O8/c1-14(2)22-25(35)20(16(4)33)27(37)32(40)28(38)23-26(36)21-19(15(3)30(23,5)29(39)31(22,32)6)12-11-18(24(21)34)13-17-9-7-8-10-17/h11-12,14-15,17,22,29,34,36-37,39-40H,7-10,13H2,1-6H3/t15-,22?,29-,30+,31+,32+/m1/s1. The molecule has 1 aromatic rings. The van der Waals surface area contributed by atoms with Crippen molar-refractivity contribution in [2.75, 3.05) is 0 Å². The molecule has 0 aromatic heterocycles. The Morgan fingerprint density at radius 3 is 2.23 bits per heavy atom. The number of aromatic hydroxyl groups is 1. The van der Waals surface area contributed by atoms with Gasteiger partial charge in [0.25, 0.3) is 0 Å². The van der Waals surface area contributed by atoms with Crippen LogP contribution in [0, 0.1) is 28.6 Å². The van der Waals surface area contributed by atoms with Crippen LogP contribution in [0.15, 0.2) is 29.0 Å². The number of aliphatic hydroxyl groups excluding tert-OH is 3. The highest BCUT2D eigenvalue weighted by Gasteiger charge is 2.77. The number of Topliss-reactive ketones (excluding diaryl/α,β-unsaturated/α-hetero) is 3. The van der Waals surface area contributed by atoms with Gasteiger partial charge in [0.15, 0.2) is 17.2 Å². The molecule has 4 aliphatic carbocycles. The molecular weight excluding hydrogens is 512 g/mol. The Balaban J connectivity index is 1.80. The third-order valence-electron chi connectivity index (χ3n) is 10.9. The summed E-state index contributed by atoms with van der Waals surface area (Å²) in [6, 6.07) is 3.63. The van der Waals surface area contributed by atoms with Crippen molar-refractivity contribution in [1.82, 2.24) is 0 Å². The Hall–Kier alpha value is -2.97. The summed E-state index contributed by atoms with van der Waals surface area (Å²) in [4.78, 5) is 40.7. The lowest BCUT2D eigenvalue weighted by Gasteiger charge is -2.63. The highest BCUT2D eigenvalue weighted by atomic mass is 16.4. The first kappa shape index (κ1) is 28.6. The molecule has 0 bridgehead atoms. The number of aliphatic hydroxyl groups is 4. The molecule has 6 atom stereocenters. The van der Waals surface area contributed by atoms with Crippen LogP contribution in [0.2, 0.25) is 0 Å². The fourth-order valence-corrected chi connectivity index (χ4v) is 8.66. The van der Waals surface area contributed by atoms with Gasteiger partial charge in [0, 0.05) is 16.7 Å². The van der Waals surface area contributed by atoms with Crippen LogP contribution in [0.4, 0.5) is 0 Å². The zero-order valence-electron chi connectivity index (χ0n) is 24.0. The molecule has 8 heteroatoms. The monoisotopic (exact) mass is 552 g/mol. The van der Waals surface area contributed by atoms with E-state index in [2.05, 4.69) is 0 Å². The summed E-state index contributed by atoms with van der Waals surface area (Å²) in [7, 11) is 0. The van der Waals surface area contributed by atoms with E-state index in [1.165, 1.54) is 6.92 Å². The summed E-state index contributed by atoms with van der Waals surface area (Å²) < 4.78 is 0. The SMILES string of the molecule is CC(=O)C1=C(O)[C@]2(O)C(=O)C3=C(O)c4c(ccc(CC5CCCC5)c4O)[C@@H](C)[C@]3(C)[C@@H](O)[C@]2(C)C(C(C)C)C1=O.